The molecule has 0 atom stereocenters. The van der Waals surface area contributed by atoms with Gasteiger partial charge in [-0.3, -0.25) is 4.98 Å². The Kier molecular flexibility index (Phi) is 2.45. The summed E-state index contributed by atoms with van der Waals surface area (Å²) in [4.78, 5) is 15.8. The number of nitrogens with zero attached hydrogens (tertiary/aromatic N) is 1. The van der Waals surface area contributed by atoms with Crippen LogP contribution in [-0.4, -0.2) is 18.1 Å². The Bertz CT molecular complexity index is 750. The van der Waals surface area contributed by atoms with Crippen LogP contribution in [0.25, 0.3) is 21.7 Å². The van der Waals surface area contributed by atoms with Crippen LogP contribution in [0.2, 0.25) is 0 Å². The Hall–Kier alpha value is -2.42. The number of ether oxygens (including phenoxy) is 1. The summed E-state index contributed by atoms with van der Waals surface area (Å²) in [6.07, 6.45) is 1.56. The van der Waals surface area contributed by atoms with Gasteiger partial charge in [-0.2, -0.15) is 0 Å². The van der Waals surface area contributed by atoms with Crippen molar-refractivity contribution < 1.29 is 9.53 Å². The van der Waals surface area contributed by atoms with Crippen LogP contribution in [0.4, 0.5) is 0 Å². The second-order valence-corrected chi connectivity index (χ2v) is 4.07. The number of aromatic nitrogens is 1. The Morgan fingerprint density at radius 3 is 2.72 bits per heavy atom. The second-order valence-electron chi connectivity index (χ2n) is 4.07. The van der Waals surface area contributed by atoms with Gasteiger partial charge >= 0.3 is 5.97 Å². The first-order chi connectivity index (χ1) is 8.79. The number of pyridine rings is 1. The zero-order valence-corrected chi connectivity index (χ0v) is 9.88. The van der Waals surface area contributed by atoms with Crippen LogP contribution in [0.1, 0.15) is 10.4 Å². The van der Waals surface area contributed by atoms with E-state index in [2.05, 4.69) is 4.98 Å². The van der Waals surface area contributed by atoms with Gasteiger partial charge in [-0.25, -0.2) is 4.79 Å². The number of hydrogen-bond donors (Lipinski definition) is 0. The quantitative estimate of drug-likeness (QED) is 0.482. The molecule has 0 aliphatic carbocycles. The third-order valence-corrected chi connectivity index (χ3v) is 3.00. The highest BCUT2D eigenvalue weighted by Gasteiger charge is 2.08. The van der Waals surface area contributed by atoms with E-state index in [0.717, 1.165) is 21.7 Å². The van der Waals surface area contributed by atoms with Gasteiger partial charge in [0.25, 0.3) is 0 Å². The number of hydrogen-bond acceptors (Lipinski definition) is 3. The molecule has 3 aromatic rings. The van der Waals surface area contributed by atoms with Crippen LogP contribution in [0.3, 0.4) is 0 Å². The molecule has 0 bridgehead atoms. The second kappa shape index (κ2) is 4.11. The Balaban J connectivity index is 2.31. The maximum Gasteiger partial charge on any atom is 0.339 e. The van der Waals surface area contributed by atoms with Gasteiger partial charge in [0.1, 0.15) is 0 Å². The molecule has 18 heavy (non-hydrogen) atoms. The van der Waals surface area contributed by atoms with Crippen LogP contribution in [0.15, 0.2) is 48.7 Å². The topological polar surface area (TPSA) is 39.2 Å². The van der Waals surface area contributed by atoms with Crippen molar-refractivity contribution in [3.63, 3.8) is 0 Å². The summed E-state index contributed by atoms with van der Waals surface area (Å²) in [6, 6.07) is 13.9. The monoisotopic (exact) mass is 237 g/mol. The van der Waals surface area contributed by atoms with Gasteiger partial charge in [-0.15, -0.1) is 0 Å². The van der Waals surface area contributed by atoms with Gasteiger partial charge in [0, 0.05) is 17.0 Å². The molecular weight excluding hydrogens is 226 g/mol. The van der Waals surface area contributed by atoms with E-state index >= 15 is 0 Å². The normalized spacial score (nSPS) is 10.7. The van der Waals surface area contributed by atoms with Gasteiger partial charge in [-0.1, -0.05) is 36.4 Å². The van der Waals surface area contributed by atoms with Crippen molar-refractivity contribution >= 4 is 27.6 Å². The van der Waals surface area contributed by atoms with Crippen LogP contribution >= 0.6 is 0 Å². The molecule has 3 rings (SSSR count). The van der Waals surface area contributed by atoms with E-state index in [4.69, 9.17) is 4.74 Å². The van der Waals surface area contributed by atoms with Crippen LogP contribution < -0.4 is 0 Å². The predicted octanol–water partition coefficient (Wildman–Crippen LogP) is 3.17. The van der Waals surface area contributed by atoms with Gasteiger partial charge < -0.3 is 4.74 Å². The molecule has 0 fully saturated rings. The number of carbonyl (C=O) groups is 1. The molecule has 0 saturated carbocycles. The minimum atomic E-state index is -0.363. The van der Waals surface area contributed by atoms with Crippen molar-refractivity contribution in [2.24, 2.45) is 0 Å². The number of fused-ring (bicyclic) bond motifs is 3. The lowest BCUT2D eigenvalue weighted by Crippen LogP contribution is -2.01. The summed E-state index contributed by atoms with van der Waals surface area (Å²) >= 11 is 0. The van der Waals surface area contributed by atoms with E-state index in [1.54, 1.807) is 12.3 Å². The fourth-order valence-electron chi connectivity index (χ4n) is 2.10. The summed E-state index contributed by atoms with van der Waals surface area (Å²) in [6.45, 7) is 0. The number of esters is 1. The standard InChI is InChI=1S/C15H11NO2/c1-18-15(17)12-8-11-7-6-10-4-2-3-5-13(10)14(11)16-9-12/h2-9H,1H3. The summed E-state index contributed by atoms with van der Waals surface area (Å²) in [7, 11) is 1.37. The SMILES string of the molecule is COC(=O)c1cnc2c(ccc3ccccc32)c1. The molecule has 0 saturated heterocycles. The van der Waals surface area contributed by atoms with E-state index in [1.807, 2.05) is 36.4 Å². The third kappa shape index (κ3) is 1.61. The number of benzene rings is 2. The Morgan fingerprint density at radius 1 is 1.11 bits per heavy atom. The largest absolute Gasteiger partial charge is 0.465 e. The molecule has 1 heterocycles. The summed E-state index contributed by atoms with van der Waals surface area (Å²) in [5.74, 6) is -0.363. The van der Waals surface area contributed by atoms with Crippen LogP contribution in [0, 0.1) is 0 Å². The van der Waals surface area contributed by atoms with E-state index < -0.39 is 0 Å². The van der Waals surface area contributed by atoms with E-state index in [-0.39, 0.29) is 5.97 Å². The lowest BCUT2D eigenvalue weighted by atomic mass is 10.1. The zero-order valence-electron chi connectivity index (χ0n) is 9.88. The van der Waals surface area contributed by atoms with E-state index in [1.165, 1.54) is 7.11 Å². The van der Waals surface area contributed by atoms with Crippen molar-refractivity contribution in [1.82, 2.24) is 4.98 Å². The molecule has 0 N–H and O–H groups in total. The highest BCUT2D eigenvalue weighted by Crippen LogP contribution is 2.24. The molecule has 1 aromatic heterocycles. The van der Waals surface area contributed by atoms with Gasteiger partial charge in [0.05, 0.1) is 18.2 Å². The average molecular weight is 237 g/mol. The minimum Gasteiger partial charge on any atom is -0.465 e. The molecule has 3 nitrogen and oxygen atoms in total. The maximum absolute atomic E-state index is 11.5. The van der Waals surface area contributed by atoms with Gasteiger partial charge in [0.2, 0.25) is 0 Å². The molecular formula is C15H11NO2. The molecule has 0 amide bonds. The van der Waals surface area contributed by atoms with Crippen molar-refractivity contribution in [1.29, 1.82) is 0 Å². The van der Waals surface area contributed by atoms with Crippen molar-refractivity contribution in [3.05, 3.63) is 54.2 Å². The summed E-state index contributed by atoms with van der Waals surface area (Å²) in [5.41, 5.74) is 1.38. The lowest BCUT2D eigenvalue weighted by molar-refractivity contribution is 0.0600. The predicted molar refractivity (Wildman–Crippen MR) is 70.6 cm³/mol. The fraction of sp³-hybridized carbons (Fsp3) is 0.0667. The fourth-order valence-corrected chi connectivity index (χ4v) is 2.10. The number of rotatable bonds is 1. The molecule has 0 unspecified atom stereocenters. The number of carbonyl (C=O) groups excluding carboxylic acids is 1. The molecule has 0 radical (unpaired) electrons. The first-order valence-electron chi connectivity index (χ1n) is 5.65. The molecule has 3 heteroatoms. The highest BCUT2D eigenvalue weighted by atomic mass is 16.5. The Morgan fingerprint density at radius 2 is 1.89 bits per heavy atom. The number of methoxy groups -OCH3 is 1. The smallest absolute Gasteiger partial charge is 0.339 e. The third-order valence-electron chi connectivity index (χ3n) is 3.00. The highest BCUT2D eigenvalue weighted by molar-refractivity contribution is 6.06. The van der Waals surface area contributed by atoms with Crippen LogP contribution in [-0.2, 0) is 4.74 Å². The summed E-state index contributed by atoms with van der Waals surface area (Å²) in [5, 5.41) is 3.17. The molecule has 2 aromatic carbocycles. The van der Waals surface area contributed by atoms with E-state index in [9.17, 15) is 4.79 Å². The summed E-state index contributed by atoms with van der Waals surface area (Å²) < 4.78 is 4.69. The van der Waals surface area contributed by atoms with E-state index in [0.29, 0.717) is 5.56 Å². The van der Waals surface area contributed by atoms with Crippen molar-refractivity contribution in [3.8, 4) is 0 Å². The average Bonchev–Trinajstić information content (AvgIpc) is 2.45. The van der Waals surface area contributed by atoms with Gasteiger partial charge in [0.15, 0.2) is 0 Å². The molecule has 0 aliphatic heterocycles. The lowest BCUT2D eigenvalue weighted by Gasteiger charge is -2.04. The van der Waals surface area contributed by atoms with Crippen molar-refractivity contribution in [2.45, 2.75) is 0 Å². The first kappa shape index (κ1) is 10.7. The zero-order chi connectivity index (χ0) is 12.5. The first-order valence-corrected chi connectivity index (χ1v) is 5.65. The maximum atomic E-state index is 11.5. The molecule has 0 aliphatic rings. The minimum absolute atomic E-state index is 0.363. The van der Waals surface area contributed by atoms with Gasteiger partial charge in [-0.05, 0) is 11.5 Å². The Labute approximate surface area is 104 Å². The van der Waals surface area contributed by atoms with Crippen LogP contribution in [0.5, 0.6) is 0 Å². The molecule has 0 spiro atoms. The van der Waals surface area contributed by atoms with Crippen molar-refractivity contribution in [2.75, 3.05) is 7.11 Å². The molecule has 88 valence electrons.